The Morgan fingerprint density at radius 2 is 2.12 bits per heavy atom. The molecule has 3 rings (SSSR count). The van der Waals surface area contributed by atoms with Crippen molar-refractivity contribution in [1.82, 2.24) is 14.5 Å². The molecule has 0 aliphatic carbocycles. The van der Waals surface area contributed by atoms with Gasteiger partial charge >= 0.3 is 11.9 Å². The number of aromatic nitrogens is 3. The lowest BCUT2D eigenvalue weighted by Crippen LogP contribution is -2.09. The molecule has 0 aliphatic rings. The highest BCUT2D eigenvalue weighted by molar-refractivity contribution is 7.98. The fourth-order valence-corrected chi connectivity index (χ4v) is 3.02. The molecule has 0 unspecified atom stereocenters. The molecule has 0 bridgehead atoms. The number of ether oxygens (including phenoxy) is 1. The number of imidazole rings is 1. The number of hydrogen-bond acceptors (Lipinski definition) is 7. The van der Waals surface area contributed by atoms with E-state index in [0.29, 0.717) is 22.3 Å². The van der Waals surface area contributed by atoms with E-state index in [-0.39, 0.29) is 12.2 Å². The number of aliphatic carboxylic acids is 1. The van der Waals surface area contributed by atoms with Gasteiger partial charge in [0.25, 0.3) is 0 Å². The number of esters is 1. The van der Waals surface area contributed by atoms with Gasteiger partial charge in [-0.25, -0.2) is 14.8 Å². The standard InChI is InChI=1S/C15H13N3O5S/c1-22-14(21)10-7-23-12(16-10)8-24-15-17-9-4-2-3-5-11(9)18(15)6-13(19)20/h2-5,7H,6,8H2,1H3,(H,19,20). The minimum Gasteiger partial charge on any atom is -0.480 e. The zero-order valence-corrected chi connectivity index (χ0v) is 13.4. The van der Waals surface area contributed by atoms with Crippen LogP contribution in [0.4, 0.5) is 0 Å². The van der Waals surface area contributed by atoms with Crippen LogP contribution in [-0.2, 0) is 21.8 Å². The summed E-state index contributed by atoms with van der Waals surface area (Å²) >= 11 is 1.28. The second-order valence-corrected chi connectivity index (χ2v) is 5.71. The van der Waals surface area contributed by atoms with Crippen molar-refractivity contribution in [2.45, 2.75) is 17.5 Å². The minimum atomic E-state index is -0.955. The second kappa shape index (κ2) is 6.75. The molecular formula is C15H13N3O5S. The van der Waals surface area contributed by atoms with E-state index >= 15 is 0 Å². The molecule has 124 valence electrons. The van der Waals surface area contributed by atoms with Crippen molar-refractivity contribution in [3.8, 4) is 0 Å². The molecule has 3 aromatic rings. The Hall–Kier alpha value is -2.81. The van der Waals surface area contributed by atoms with Crippen molar-refractivity contribution in [2.24, 2.45) is 0 Å². The number of para-hydroxylation sites is 2. The summed E-state index contributed by atoms with van der Waals surface area (Å²) in [5.74, 6) is -0.897. The first-order valence-electron chi connectivity index (χ1n) is 6.91. The van der Waals surface area contributed by atoms with Gasteiger partial charge in [0.2, 0.25) is 5.89 Å². The third-order valence-electron chi connectivity index (χ3n) is 3.18. The van der Waals surface area contributed by atoms with Crippen LogP contribution in [-0.4, -0.2) is 38.7 Å². The summed E-state index contributed by atoms with van der Waals surface area (Å²) in [7, 11) is 1.26. The SMILES string of the molecule is COC(=O)c1coc(CSc2nc3ccccc3n2CC(=O)O)n1. The molecule has 0 saturated carbocycles. The zero-order valence-electron chi connectivity index (χ0n) is 12.6. The lowest BCUT2D eigenvalue weighted by molar-refractivity contribution is -0.137. The molecule has 1 aromatic carbocycles. The first-order chi connectivity index (χ1) is 11.6. The smallest absolute Gasteiger partial charge is 0.360 e. The quantitative estimate of drug-likeness (QED) is 0.534. The average Bonchev–Trinajstić information content (AvgIpc) is 3.17. The number of oxazole rings is 1. The van der Waals surface area contributed by atoms with Crippen molar-refractivity contribution < 1.29 is 23.8 Å². The monoisotopic (exact) mass is 347 g/mol. The molecule has 0 aliphatic heterocycles. The van der Waals surface area contributed by atoms with Crippen molar-refractivity contribution >= 4 is 34.7 Å². The van der Waals surface area contributed by atoms with Gasteiger partial charge in [-0.3, -0.25) is 4.79 Å². The maximum Gasteiger partial charge on any atom is 0.360 e. The predicted octanol–water partition coefficient (Wildman–Crippen LogP) is 2.19. The Labute approximate surface area is 140 Å². The van der Waals surface area contributed by atoms with Gasteiger partial charge < -0.3 is 18.8 Å². The van der Waals surface area contributed by atoms with Crippen molar-refractivity contribution in [1.29, 1.82) is 0 Å². The van der Waals surface area contributed by atoms with E-state index in [0.717, 1.165) is 5.52 Å². The molecule has 9 heteroatoms. The molecule has 24 heavy (non-hydrogen) atoms. The first kappa shape index (κ1) is 16.1. The predicted molar refractivity (Wildman–Crippen MR) is 84.8 cm³/mol. The Bertz CT molecular complexity index is 902. The second-order valence-electron chi connectivity index (χ2n) is 4.77. The normalized spacial score (nSPS) is 10.9. The van der Waals surface area contributed by atoms with Gasteiger partial charge in [-0.05, 0) is 12.1 Å². The molecule has 0 spiro atoms. The van der Waals surface area contributed by atoms with E-state index in [2.05, 4.69) is 14.7 Å². The number of rotatable bonds is 6. The summed E-state index contributed by atoms with van der Waals surface area (Å²) in [5, 5.41) is 9.64. The molecular weight excluding hydrogens is 334 g/mol. The molecule has 2 heterocycles. The Balaban J connectivity index is 1.83. The maximum atomic E-state index is 11.4. The summed E-state index contributed by atoms with van der Waals surface area (Å²) < 4.78 is 11.4. The summed E-state index contributed by atoms with van der Waals surface area (Å²) in [5.41, 5.74) is 1.54. The average molecular weight is 347 g/mol. The number of benzene rings is 1. The summed E-state index contributed by atoms with van der Waals surface area (Å²) in [4.78, 5) is 30.9. The largest absolute Gasteiger partial charge is 0.480 e. The Morgan fingerprint density at radius 1 is 1.33 bits per heavy atom. The molecule has 0 atom stereocenters. The number of carboxylic acid groups (broad SMARTS) is 1. The Morgan fingerprint density at radius 3 is 2.88 bits per heavy atom. The minimum absolute atomic E-state index is 0.0899. The van der Waals surface area contributed by atoms with Crippen molar-refractivity contribution in [3.05, 3.63) is 42.1 Å². The number of carboxylic acids is 1. The number of fused-ring (bicyclic) bond motifs is 1. The van der Waals surface area contributed by atoms with Crippen LogP contribution in [0.1, 0.15) is 16.4 Å². The van der Waals surface area contributed by atoms with Crippen molar-refractivity contribution in [2.75, 3.05) is 7.11 Å². The van der Waals surface area contributed by atoms with Gasteiger partial charge in [0.15, 0.2) is 10.9 Å². The number of carbonyl (C=O) groups is 2. The topological polar surface area (TPSA) is 107 Å². The molecule has 0 amide bonds. The van der Waals surface area contributed by atoms with Gasteiger partial charge in [-0.1, -0.05) is 23.9 Å². The van der Waals surface area contributed by atoms with Crippen LogP contribution >= 0.6 is 11.8 Å². The van der Waals surface area contributed by atoms with E-state index in [4.69, 9.17) is 9.52 Å². The van der Waals surface area contributed by atoms with Gasteiger partial charge in [0.05, 0.1) is 23.9 Å². The van der Waals surface area contributed by atoms with Gasteiger partial charge in [-0.15, -0.1) is 0 Å². The van der Waals surface area contributed by atoms with Gasteiger partial charge in [-0.2, -0.15) is 0 Å². The lowest BCUT2D eigenvalue weighted by atomic mass is 10.3. The summed E-state index contributed by atoms with van der Waals surface area (Å²) in [6.07, 6.45) is 1.22. The van der Waals surface area contributed by atoms with Gasteiger partial charge in [0, 0.05) is 0 Å². The molecule has 0 saturated heterocycles. The highest BCUT2D eigenvalue weighted by atomic mass is 32.2. The van der Waals surface area contributed by atoms with Crippen LogP contribution in [0, 0.1) is 0 Å². The first-order valence-corrected chi connectivity index (χ1v) is 7.89. The van der Waals surface area contributed by atoms with Crippen LogP contribution in [0.15, 0.2) is 40.1 Å². The lowest BCUT2D eigenvalue weighted by Gasteiger charge is -2.04. The number of hydrogen-bond donors (Lipinski definition) is 1. The molecule has 0 radical (unpaired) electrons. The van der Waals surface area contributed by atoms with Crippen LogP contribution in [0.3, 0.4) is 0 Å². The number of carbonyl (C=O) groups excluding carboxylic acids is 1. The van der Waals surface area contributed by atoms with Crippen LogP contribution in [0.5, 0.6) is 0 Å². The fraction of sp³-hybridized carbons (Fsp3) is 0.200. The van der Waals surface area contributed by atoms with E-state index in [1.54, 1.807) is 4.57 Å². The number of nitrogens with zero attached hydrogens (tertiary/aromatic N) is 3. The fourth-order valence-electron chi connectivity index (χ4n) is 2.15. The van der Waals surface area contributed by atoms with E-state index in [1.807, 2.05) is 24.3 Å². The summed E-state index contributed by atoms with van der Waals surface area (Å²) in [6, 6.07) is 7.30. The van der Waals surface area contributed by atoms with E-state index in [9.17, 15) is 9.59 Å². The maximum absolute atomic E-state index is 11.4. The molecule has 8 nitrogen and oxygen atoms in total. The highest BCUT2D eigenvalue weighted by Crippen LogP contribution is 2.26. The van der Waals surface area contributed by atoms with Crippen LogP contribution in [0.2, 0.25) is 0 Å². The molecule has 0 fully saturated rings. The van der Waals surface area contributed by atoms with Crippen LogP contribution < -0.4 is 0 Å². The molecule has 2 aromatic heterocycles. The van der Waals surface area contributed by atoms with Crippen LogP contribution in [0.25, 0.3) is 11.0 Å². The highest BCUT2D eigenvalue weighted by Gasteiger charge is 2.16. The summed E-state index contributed by atoms with van der Waals surface area (Å²) in [6.45, 7) is -0.193. The zero-order chi connectivity index (χ0) is 17.1. The third-order valence-corrected chi connectivity index (χ3v) is 4.15. The molecule has 1 N–H and O–H groups in total. The van der Waals surface area contributed by atoms with E-state index < -0.39 is 11.9 Å². The number of methoxy groups -OCH3 is 1. The number of thioether (sulfide) groups is 1. The van der Waals surface area contributed by atoms with Crippen molar-refractivity contribution in [3.63, 3.8) is 0 Å². The van der Waals surface area contributed by atoms with E-state index in [1.165, 1.54) is 25.1 Å². The third kappa shape index (κ3) is 3.25. The Kier molecular flexibility index (Phi) is 4.52. The van der Waals surface area contributed by atoms with Gasteiger partial charge in [0.1, 0.15) is 12.8 Å².